The van der Waals surface area contributed by atoms with Crippen molar-refractivity contribution in [3.8, 4) is 0 Å². The van der Waals surface area contributed by atoms with E-state index in [9.17, 15) is 13.2 Å². The van der Waals surface area contributed by atoms with Crippen LogP contribution in [-0.2, 0) is 17.5 Å². The molecule has 0 amide bonds. The highest BCUT2D eigenvalue weighted by atomic mass is 19.4. The van der Waals surface area contributed by atoms with Crippen LogP contribution in [0.1, 0.15) is 38.3 Å². The summed E-state index contributed by atoms with van der Waals surface area (Å²) in [4.78, 5) is 0. The van der Waals surface area contributed by atoms with Crippen LogP contribution in [0.3, 0.4) is 0 Å². The van der Waals surface area contributed by atoms with Crippen LogP contribution in [0.25, 0.3) is 0 Å². The van der Waals surface area contributed by atoms with E-state index < -0.39 is 11.7 Å². The van der Waals surface area contributed by atoms with E-state index in [1.807, 2.05) is 6.92 Å². The quantitative estimate of drug-likeness (QED) is 0.887. The van der Waals surface area contributed by atoms with Gasteiger partial charge in [0.2, 0.25) is 0 Å². The van der Waals surface area contributed by atoms with Gasteiger partial charge in [-0.1, -0.05) is 32.0 Å². The van der Waals surface area contributed by atoms with Crippen molar-refractivity contribution in [3.63, 3.8) is 0 Å². The molecule has 1 fully saturated rings. The second kappa shape index (κ2) is 5.97. The minimum Gasteiger partial charge on any atom is -0.378 e. The van der Waals surface area contributed by atoms with Gasteiger partial charge in [-0.25, -0.2) is 0 Å². The van der Waals surface area contributed by atoms with Gasteiger partial charge in [0.1, 0.15) is 0 Å². The number of rotatable bonds is 5. The first-order valence-electron chi connectivity index (χ1n) is 7.27. The van der Waals surface area contributed by atoms with Crippen LogP contribution < -0.4 is 5.32 Å². The van der Waals surface area contributed by atoms with E-state index in [0.29, 0.717) is 12.2 Å². The van der Waals surface area contributed by atoms with Crippen LogP contribution >= 0.6 is 0 Å². The third-order valence-electron chi connectivity index (χ3n) is 4.41. The minimum atomic E-state index is -4.30. The maximum Gasteiger partial charge on any atom is 0.416 e. The molecular formula is C16H22F3NO. The first-order chi connectivity index (χ1) is 9.76. The number of alkyl halides is 3. The summed E-state index contributed by atoms with van der Waals surface area (Å²) in [5.74, 6) is 0. The van der Waals surface area contributed by atoms with Crippen molar-refractivity contribution in [2.45, 2.75) is 52.1 Å². The number of halogens is 3. The third kappa shape index (κ3) is 3.40. The Morgan fingerprint density at radius 2 is 1.95 bits per heavy atom. The molecule has 1 aliphatic carbocycles. The molecule has 0 aliphatic heterocycles. The molecule has 1 aromatic carbocycles. The van der Waals surface area contributed by atoms with Crippen molar-refractivity contribution in [3.05, 3.63) is 35.4 Å². The van der Waals surface area contributed by atoms with Gasteiger partial charge in [0.15, 0.2) is 0 Å². The van der Waals surface area contributed by atoms with Gasteiger partial charge >= 0.3 is 6.18 Å². The molecule has 0 spiro atoms. The summed E-state index contributed by atoms with van der Waals surface area (Å²) in [6, 6.07) is 5.90. The predicted molar refractivity (Wildman–Crippen MR) is 75.9 cm³/mol. The second-order valence-electron chi connectivity index (χ2n) is 6.09. The Hall–Kier alpha value is -1.07. The van der Waals surface area contributed by atoms with E-state index in [4.69, 9.17) is 4.74 Å². The zero-order chi connectivity index (χ0) is 15.7. The van der Waals surface area contributed by atoms with Gasteiger partial charge in [-0.05, 0) is 25.0 Å². The number of hydrogen-bond acceptors (Lipinski definition) is 2. The van der Waals surface area contributed by atoms with Crippen LogP contribution in [0.15, 0.2) is 24.3 Å². The number of ether oxygens (including phenoxy) is 1. The lowest BCUT2D eigenvalue weighted by Crippen LogP contribution is -2.60. The summed E-state index contributed by atoms with van der Waals surface area (Å²) in [5, 5.41) is 3.25. The van der Waals surface area contributed by atoms with Crippen molar-refractivity contribution in [2.75, 3.05) is 6.61 Å². The fourth-order valence-corrected chi connectivity index (χ4v) is 2.90. The Kier molecular flexibility index (Phi) is 4.63. The molecule has 1 aliphatic rings. The summed E-state index contributed by atoms with van der Waals surface area (Å²) in [7, 11) is 0. The highest BCUT2D eigenvalue weighted by Gasteiger charge is 2.48. The summed E-state index contributed by atoms with van der Waals surface area (Å²) in [6.45, 7) is 7.02. The number of benzene rings is 1. The Bertz CT molecular complexity index is 485. The average molecular weight is 301 g/mol. The molecule has 1 saturated carbocycles. The molecule has 0 saturated heterocycles. The van der Waals surface area contributed by atoms with E-state index in [-0.39, 0.29) is 24.1 Å². The standard InChI is InChI=1S/C16H22F3NO/c1-4-21-14-9-13(15(14,2)3)20-10-11-7-5-6-8-12(11)16(17,18)19/h5-8,13-14,20H,4,9-10H2,1-3H3. The molecule has 0 radical (unpaired) electrons. The van der Waals surface area contributed by atoms with Gasteiger partial charge in [-0.2, -0.15) is 13.2 Å². The molecule has 0 bridgehead atoms. The molecule has 2 nitrogen and oxygen atoms in total. The lowest BCUT2D eigenvalue weighted by atomic mass is 9.64. The van der Waals surface area contributed by atoms with E-state index in [2.05, 4.69) is 19.2 Å². The zero-order valence-corrected chi connectivity index (χ0v) is 12.6. The number of nitrogens with one attached hydrogen (secondary N) is 1. The van der Waals surface area contributed by atoms with Crippen molar-refractivity contribution in [2.24, 2.45) is 5.41 Å². The van der Waals surface area contributed by atoms with Crippen molar-refractivity contribution < 1.29 is 17.9 Å². The summed E-state index contributed by atoms with van der Waals surface area (Å²) < 4.78 is 44.4. The maximum absolute atomic E-state index is 12.9. The predicted octanol–water partition coefficient (Wildman–Crippen LogP) is 4.00. The second-order valence-corrected chi connectivity index (χ2v) is 6.09. The molecule has 2 unspecified atom stereocenters. The van der Waals surface area contributed by atoms with Gasteiger partial charge in [0.25, 0.3) is 0 Å². The Morgan fingerprint density at radius 1 is 1.29 bits per heavy atom. The SMILES string of the molecule is CCOC1CC(NCc2ccccc2C(F)(F)F)C1(C)C. The van der Waals surface area contributed by atoms with Gasteiger partial charge in [-0.3, -0.25) is 0 Å². The van der Waals surface area contributed by atoms with Gasteiger partial charge < -0.3 is 10.1 Å². The third-order valence-corrected chi connectivity index (χ3v) is 4.41. The van der Waals surface area contributed by atoms with Crippen LogP contribution in [0.4, 0.5) is 13.2 Å². The van der Waals surface area contributed by atoms with Crippen LogP contribution in [-0.4, -0.2) is 18.8 Å². The largest absolute Gasteiger partial charge is 0.416 e. The first-order valence-corrected chi connectivity index (χ1v) is 7.27. The number of hydrogen-bond donors (Lipinski definition) is 1. The summed E-state index contributed by atoms with van der Waals surface area (Å²) in [5.41, 5.74) is -0.319. The smallest absolute Gasteiger partial charge is 0.378 e. The zero-order valence-electron chi connectivity index (χ0n) is 12.6. The van der Waals surface area contributed by atoms with Crippen molar-refractivity contribution in [1.29, 1.82) is 0 Å². The van der Waals surface area contributed by atoms with Crippen LogP contribution in [0.2, 0.25) is 0 Å². The first kappa shape index (κ1) is 16.3. The van der Waals surface area contributed by atoms with Gasteiger partial charge in [0.05, 0.1) is 11.7 Å². The highest BCUT2D eigenvalue weighted by molar-refractivity contribution is 5.29. The summed E-state index contributed by atoms with van der Waals surface area (Å²) >= 11 is 0. The van der Waals surface area contributed by atoms with Crippen molar-refractivity contribution >= 4 is 0 Å². The molecule has 1 aromatic rings. The molecular weight excluding hydrogens is 279 g/mol. The van der Waals surface area contributed by atoms with E-state index >= 15 is 0 Å². The molecule has 1 N–H and O–H groups in total. The topological polar surface area (TPSA) is 21.3 Å². The maximum atomic E-state index is 12.9. The van der Waals surface area contributed by atoms with Crippen LogP contribution in [0, 0.1) is 5.41 Å². The van der Waals surface area contributed by atoms with Gasteiger partial charge in [-0.15, -0.1) is 0 Å². The van der Waals surface area contributed by atoms with E-state index in [1.165, 1.54) is 12.1 Å². The average Bonchev–Trinajstić information content (AvgIpc) is 2.41. The fraction of sp³-hybridized carbons (Fsp3) is 0.625. The normalized spacial score (nSPS) is 24.7. The molecule has 118 valence electrons. The van der Waals surface area contributed by atoms with Crippen LogP contribution in [0.5, 0.6) is 0 Å². The highest BCUT2D eigenvalue weighted by Crippen LogP contribution is 2.43. The summed E-state index contributed by atoms with van der Waals surface area (Å²) in [6.07, 6.45) is -3.28. The monoisotopic (exact) mass is 301 g/mol. The fourth-order valence-electron chi connectivity index (χ4n) is 2.90. The lowest BCUT2D eigenvalue weighted by molar-refractivity contribution is -0.138. The Labute approximate surface area is 123 Å². The van der Waals surface area contributed by atoms with E-state index in [1.54, 1.807) is 6.07 Å². The lowest BCUT2D eigenvalue weighted by Gasteiger charge is -2.52. The molecule has 21 heavy (non-hydrogen) atoms. The van der Waals surface area contributed by atoms with E-state index in [0.717, 1.165) is 12.5 Å². The van der Waals surface area contributed by atoms with Gasteiger partial charge in [0, 0.05) is 24.6 Å². The minimum absolute atomic E-state index is 0.0524. The van der Waals surface area contributed by atoms with Crippen molar-refractivity contribution in [1.82, 2.24) is 5.32 Å². The Morgan fingerprint density at radius 3 is 2.52 bits per heavy atom. The molecule has 0 heterocycles. The molecule has 2 rings (SSSR count). The Balaban J connectivity index is 1.99. The molecule has 0 aromatic heterocycles. The molecule has 5 heteroatoms. The molecule has 2 atom stereocenters.